The predicted molar refractivity (Wildman–Crippen MR) is 97.4 cm³/mol. The summed E-state index contributed by atoms with van der Waals surface area (Å²) in [6.45, 7) is 1.26. The van der Waals surface area contributed by atoms with Gasteiger partial charge in [-0.05, 0) is 22.2 Å². The molecular formula is C15H18N10O3. The van der Waals surface area contributed by atoms with Crippen LogP contribution in [0.15, 0.2) is 45.7 Å². The van der Waals surface area contributed by atoms with Gasteiger partial charge in [0.2, 0.25) is 5.91 Å². The van der Waals surface area contributed by atoms with Crippen molar-refractivity contribution in [2.24, 2.45) is 15.3 Å². The van der Waals surface area contributed by atoms with E-state index in [2.05, 4.69) is 35.4 Å². The van der Waals surface area contributed by atoms with Gasteiger partial charge in [0.15, 0.2) is 6.29 Å². The number of benzene rings is 1. The van der Waals surface area contributed by atoms with Crippen molar-refractivity contribution in [3.05, 3.63) is 67.2 Å². The maximum Gasteiger partial charge on any atom is 0.217 e. The van der Waals surface area contributed by atoms with Gasteiger partial charge in [0.1, 0.15) is 6.04 Å². The van der Waals surface area contributed by atoms with Gasteiger partial charge in [0.05, 0.1) is 31.3 Å². The second kappa shape index (κ2) is 10.6. The molecule has 1 aliphatic rings. The van der Waals surface area contributed by atoms with Crippen LogP contribution in [0, 0.1) is 0 Å². The molecule has 1 amide bonds. The van der Waals surface area contributed by atoms with E-state index in [9.17, 15) is 4.79 Å². The number of azide groups is 3. The maximum absolute atomic E-state index is 11.7. The average molecular weight is 386 g/mol. The lowest BCUT2D eigenvalue weighted by Crippen LogP contribution is -2.63. The van der Waals surface area contributed by atoms with E-state index in [-0.39, 0.29) is 13.2 Å². The first-order valence-electron chi connectivity index (χ1n) is 8.28. The minimum absolute atomic E-state index is 0.149. The van der Waals surface area contributed by atoms with Gasteiger partial charge in [0.25, 0.3) is 0 Å². The quantitative estimate of drug-likeness (QED) is 0.408. The van der Waals surface area contributed by atoms with Crippen molar-refractivity contribution >= 4 is 5.91 Å². The second-order valence-electron chi connectivity index (χ2n) is 5.87. The van der Waals surface area contributed by atoms with Gasteiger partial charge in [-0.25, -0.2) is 0 Å². The first-order valence-corrected chi connectivity index (χ1v) is 8.28. The van der Waals surface area contributed by atoms with E-state index in [0.717, 1.165) is 5.56 Å². The molecule has 28 heavy (non-hydrogen) atoms. The zero-order valence-corrected chi connectivity index (χ0v) is 14.9. The number of nitrogens with one attached hydrogen (secondary N) is 1. The molecule has 13 heteroatoms. The summed E-state index contributed by atoms with van der Waals surface area (Å²) in [5, 5.41) is 13.4. The summed E-state index contributed by atoms with van der Waals surface area (Å²) in [5.41, 5.74) is 27.3. The number of carbonyl (C=O) groups excluding carboxylic acids is 1. The zero-order chi connectivity index (χ0) is 20.4. The van der Waals surface area contributed by atoms with Crippen LogP contribution in [0.1, 0.15) is 12.5 Å². The summed E-state index contributed by atoms with van der Waals surface area (Å²) in [7, 11) is 0. The van der Waals surface area contributed by atoms with Crippen molar-refractivity contribution in [3.8, 4) is 0 Å². The second-order valence-corrected chi connectivity index (χ2v) is 5.87. The fourth-order valence-electron chi connectivity index (χ4n) is 2.89. The monoisotopic (exact) mass is 386 g/mol. The molecule has 1 N–H and O–H groups in total. The van der Waals surface area contributed by atoms with E-state index < -0.39 is 36.4 Å². The van der Waals surface area contributed by atoms with Crippen LogP contribution in [0.4, 0.5) is 0 Å². The molecule has 1 aliphatic heterocycles. The number of rotatable bonds is 8. The first kappa shape index (κ1) is 20.8. The van der Waals surface area contributed by atoms with Gasteiger partial charge < -0.3 is 14.8 Å². The number of hydrogen-bond donors (Lipinski definition) is 1. The normalized spacial score (nSPS) is 26.1. The Morgan fingerprint density at radius 2 is 1.82 bits per heavy atom. The molecule has 5 atom stereocenters. The number of nitrogens with zero attached hydrogens (tertiary/aromatic N) is 9. The van der Waals surface area contributed by atoms with Crippen LogP contribution in [0.5, 0.6) is 0 Å². The molecule has 0 radical (unpaired) electrons. The highest BCUT2D eigenvalue weighted by atomic mass is 16.7. The van der Waals surface area contributed by atoms with E-state index in [4.69, 9.17) is 26.1 Å². The highest BCUT2D eigenvalue weighted by Crippen LogP contribution is 2.28. The van der Waals surface area contributed by atoms with Gasteiger partial charge in [-0.15, -0.1) is 0 Å². The molecule has 1 heterocycles. The maximum atomic E-state index is 11.7. The SMILES string of the molecule is CC(=O)N[C@H]1[C@@H](N=[N+]=[N-])[C@H](CN=[N+]=[N-])O[C@H](OCc2ccccc2)[C@@H]1N=[N+]=[N-]. The standard InChI is InChI=1S/C15H18N10O3/c1-9(26)20-13-12(21-24-17)11(7-19-23-16)28-15(14(13)22-25-18)27-8-10-5-3-2-4-6-10/h2-6,11-15H,7-8H2,1H3,(H,20,26)/t11-,12-,13-,14+,15-/m0/s1. The van der Waals surface area contributed by atoms with Gasteiger partial charge in [0, 0.05) is 21.7 Å². The Hall–Kier alpha value is -3.46. The Labute approximate surface area is 159 Å². The van der Waals surface area contributed by atoms with E-state index in [1.54, 1.807) is 0 Å². The largest absolute Gasteiger partial charge is 0.352 e. The summed E-state index contributed by atoms with van der Waals surface area (Å²) in [5.74, 6) is -0.424. The number of hydrogen-bond acceptors (Lipinski definition) is 6. The topological polar surface area (TPSA) is 194 Å². The minimum Gasteiger partial charge on any atom is -0.352 e. The molecule has 0 spiro atoms. The Morgan fingerprint density at radius 1 is 1.14 bits per heavy atom. The van der Waals surface area contributed by atoms with Crippen LogP contribution in [-0.2, 0) is 20.9 Å². The highest BCUT2D eigenvalue weighted by molar-refractivity contribution is 5.73. The van der Waals surface area contributed by atoms with Crippen molar-refractivity contribution in [2.45, 2.75) is 44.1 Å². The first-order chi connectivity index (χ1) is 13.6. The Balaban J connectivity index is 2.34. The lowest BCUT2D eigenvalue weighted by molar-refractivity contribution is -0.216. The Kier molecular flexibility index (Phi) is 7.92. The molecule has 146 valence electrons. The lowest BCUT2D eigenvalue weighted by Gasteiger charge is -2.43. The lowest BCUT2D eigenvalue weighted by atomic mass is 9.92. The van der Waals surface area contributed by atoms with E-state index in [0.29, 0.717) is 0 Å². The number of ether oxygens (including phenoxy) is 2. The zero-order valence-electron chi connectivity index (χ0n) is 14.9. The van der Waals surface area contributed by atoms with Crippen molar-refractivity contribution in [1.82, 2.24) is 5.32 Å². The fourth-order valence-corrected chi connectivity index (χ4v) is 2.89. The summed E-state index contributed by atoms with van der Waals surface area (Å²) < 4.78 is 11.6. The third-order valence-corrected chi connectivity index (χ3v) is 4.03. The molecule has 0 bridgehead atoms. The molecule has 0 aromatic heterocycles. The smallest absolute Gasteiger partial charge is 0.217 e. The summed E-state index contributed by atoms with van der Waals surface area (Å²) in [6.07, 6.45) is -1.94. The fraction of sp³-hybridized carbons (Fsp3) is 0.533. The van der Waals surface area contributed by atoms with Crippen LogP contribution in [-0.4, -0.2) is 43.0 Å². The third-order valence-electron chi connectivity index (χ3n) is 4.03. The van der Waals surface area contributed by atoms with Crippen LogP contribution in [0.25, 0.3) is 31.3 Å². The highest BCUT2D eigenvalue weighted by Gasteiger charge is 2.46. The summed E-state index contributed by atoms with van der Waals surface area (Å²) in [4.78, 5) is 19.9. The summed E-state index contributed by atoms with van der Waals surface area (Å²) >= 11 is 0. The average Bonchev–Trinajstić information content (AvgIpc) is 2.69. The third kappa shape index (κ3) is 5.52. The molecular weight excluding hydrogens is 368 g/mol. The molecule has 1 saturated heterocycles. The van der Waals surface area contributed by atoms with E-state index in [1.807, 2.05) is 30.3 Å². The van der Waals surface area contributed by atoms with Gasteiger partial charge in [-0.3, -0.25) is 4.79 Å². The van der Waals surface area contributed by atoms with Crippen molar-refractivity contribution in [1.29, 1.82) is 0 Å². The molecule has 0 saturated carbocycles. The number of amides is 1. The van der Waals surface area contributed by atoms with E-state index >= 15 is 0 Å². The van der Waals surface area contributed by atoms with Gasteiger partial charge >= 0.3 is 0 Å². The Morgan fingerprint density at radius 3 is 2.43 bits per heavy atom. The molecule has 0 aliphatic carbocycles. The van der Waals surface area contributed by atoms with Gasteiger partial charge in [-0.1, -0.05) is 45.7 Å². The van der Waals surface area contributed by atoms with Crippen LogP contribution < -0.4 is 5.32 Å². The van der Waals surface area contributed by atoms with Gasteiger partial charge in [-0.2, -0.15) is 0 Å². The van der Waals surface area contributed by atoms with Crippen molar-refractivity contribution in [3.63, 3.8) is 0 Å². The van der Waals surface area contributed by atoms with Crippen LogP contribution in [0.2, 0.25) is 0 Å². The van der Waals surface area contributed by atoms with E-state index in [1.165, 1.54) is 6.92 Å². The van der Waals surface area contributed by atoms with Crippen molar-refractivity contribution < 1.29 is 14.3 Å². The Bertz CT molecular complexity index is 815. The molecule has 1 aromatic carbocycles. The molecule has 0 unspecified atom stereocenters. The molecule has 1 aromatic rings. The molecule has 13 nitrogen and oxygen atoms in total. The van der Waals surface area contributed by atoms with Crippen LogP contribution in [0.3, 0.4) is 0 Å². The minimum atomic E-state index is -1.06. The van der Waals surface area contributed by atoms with Crippen molar-refractivity contribution in [2.75, 3.05) is 6.54 Å². The molecule has 1 fully saturated rings. The summed E-state index contributed by atoms with van der Waals surface area (Å²) in [6, 6.07) is 6.35. The predicted octanol–water partition coefficient (Wildman–Crippen LogP) is 3.10. The molecule has 2 rings (SSSR count). The van der Waals surface area contributed by atoms with Crippen LogP contribution >= 0.6 is 0 Å². The number of carbonyl (C=O) groups is 1.